The Labute approximate surface area is 106 Å². The van der Waals surface area contributed by atoms with E-state index in [0.29, 0.717) is 12.1 Å². The van der Waals surface area contributed by atoms with Crippen molar-refractivity contribution in [1.29, 1.82) is 5.26 Å². The van der Waals surface area contributed by atoms with Crippen LogP contribution in [-0.2, 0) is 0 Å². The van der Waals surface area contributed by atoms with Gasteiger partial charge in [-0.05, 0) is 53.1 Å². The Bertz CT molecular complexity index is 269. The zero-order valence-corrected chi connectivity index (χ0v) is 11.8. The first-order valence-electron chi connectivity index (χ1n) is 6.92. The van der Waals surface area contributed by atoms with Gasteiger partial charge in [0.25, 0.3) is 0 Å². The molecule has 3 heteroatoms. The highest BCUT2D eigenvalue weighted by molar-refractivity contribution is 5.13. The predicted octanol–water partition coefficient (Wildman–Crippen LogP) is 2.53. The Morgan fingerprint density at radius 1 is 1.53 bits per heavy atom. The van der Waals surface area contributed by atoms with Gasteiger partial charge in [-0.1, -0.05) is 13.3 Å². The SMILES string of the molecule is CCCCN(C)C1CCC(C#N)(NC(C)C)C1. The summed E-state index contributed by atoms with van der Waals surface area (Å²) in [6.07, 6.45) is 5.60. The Kier molecular flexibility index (Phi) is 5.42. The summed E-state index contributed by atoms with van der Waals surface area (Å²) in [7, 11) is 2.20. The summed E-state index contributed by atoms with van der Waals surface area (Å²) in [5.41, 5.74) is -0.278. The maximum absolute atomic E-state index is 9.41. The van der Waals surface area contributed by atoms with Gasteiger partial charge < -0.3 is 4.90 Å². The van der Waals surface area contributed by atoms with Gasteiger partial charge in [0, 0.05) is 12.1 Å². The molecule has 0 aliphatic heterocycles. The van der Waals surface area contributed by atoms with Crippen LogP contribution in [0.25, 0.3) is 0 Å². The quantitative estimate of drug-likeness (QED) is 0.771. The number of nitrogens with zero attached hydrogens (tertiary/aromatic N) is 2. The fourth-order valence-electron chi connectivity index (χ4n) is 2.80. The highest BCUT2D eigenvalue weighted by atomic mass is 15.1. The topological polar surface area (TPSA) is 39.1 Å². The van der Waals surface area contributed by atoms with Crippen LogP contribution < -0.4 is 5.32 Å². The highest BCUT2D eigenvalue weighted by Crippen LogP contribution is 2.32. The molecule has 1 N–H and O–H groups in total. The average molecular weight is 237 g/mol. The first-order chi connectivity index (χ1) is 8.03. The zero-order valence-electron chi connectivity index (χ0n) is 11.8. The van der Waals surface area contributed by atoms with Crippen LogP contribution in [0.5, 0.6) is 0 Å². The monoisotopic (exact) mass is 237 g/mol. The lowest BCUT2D eigenvalue weighted by Gasteiger charge is -2.28. The fraction of sp³-hybridized carbons (Fsp3) is 0.929. The first-order valence-corrected chi connectivity index (χ1v) is 6.92. The summed E-state index contributed by atoms with van der Waals surface area (Å²) in [5, 5.41) is 12.9. The highest BCUT2D eigenvalue weighted by Gasteiger charge is 2.40. The molecule has 0 aromatic rings. The molecule has 17 heavy (non-hydrogen) atoms. The molecule has 0 heterocycles. The van der Waals surface area contributed by atoms with E-state index in [1.807, 2.05) is 0 Å². The van der Waals surface area contributed by atoms with E-state index in [2.05, 4.69) is 44.1 Å². The number of unbranched alkanes of at least 4 members (excludes halogenated alkanes) is 1. The van der Waals surface area contributed by atoms with Gasteiger partial charge in [0.05, 0.1) is 6.07 Å². The van der Waals surface area contributed by atoms with Gasteiger partial charge >= 0.3 is 0 Å². The van der Waals surface area contributed by atoms with Gasteiger partial charge in [0.2, 0.25) is 0 Å². The van der Waals surface area contributed by atoms with E-state index in [4.69, 9.17) is 0 Å². The number of hydrogen-bond donors (Lipinski definition) is 1. The largest absolute Gasteiger partial charge is 0.303 e. The van der Waals surface area contributed by atoms with E-state index >= 15 is 0 Å². The van der Waals surface area contributed by atoms with E-state index in [-0.39, 0.29) is 5.54 Å². The van der Waals surface area contributed by atoms with E-state index in [9.17, 15) is 5.26 Å². The number of nitrogens with one attached hydrogen (secondary N) is 1. The lowest BCUT2D eigenvalue weighted by atomic mass is 9.98. The molecule has 2 unspecified atom stereocenters. The van der Waals surface area contributed by atoms with Crippen LogP contribution >= 0.6 is 0 Å². The molecule has 0 aromatic carbocycles. The van der Waals surface area contributed by atoms with E-state index in [1.165, 1.54) is 12.8 Å². The smallest absolute Gasteiger partial charge is 0.108 e. The van der Waals surface area contributed by atoms with E-state index in [0.717, 1.165) is 25.8 Å². The van der Waals surface area contributed by atoms with E-state index in [1.54, 1.807) is 0 Å². The molecular formula is C14H27N3. The van der Waals surface area contributed by atoms with Crippen molar-refractivity contribution in [1.82, 2.24) is 10.2 Å². The molecule has 1 rings (SSSR count). The Morgan fingerprint density at radius 3 is 2.76 bits per heavy atom. The van der Waals surface area contributed by atoms with Crippen LogP contribution in [-0.4, -0.2) is 36.1 Å². The van der Waals surface area contributed by atoms with Crippen LogP contribution in [0.3, 0.4) is 0 Å². The summed E-state index contributed by atoms with van der Waals surface area (Å²) in [5.74, 6) is 0. The average Bonchev–Trinajstić information content (AvgIpc) is 2.70. The molecule has 0 spiro atoms. The second-order valence-electron chi connectivity index (χ2n) is 5.72. The summed E-state index contributed by atoms with van der Waals surface area (Å²) in [6, 6.07) is 3.47. The molecule has 0 aromatic heterocycles. The number of hydrogen-bond acceptors (Lipinski definition) is 3. The molecule has 2 atom stereocenters. The minimum absolute atomic E-state index is 0.278. The van der Waals surface area contributed by atoms with Gasteiger partial charge in [-0.15, -0.1) is 0 Å². The summed E-state index contributed by atoms with van der Waals surface area (Å²) >= 11 is 0. The van der Waals surface area contributed by atoms with Crippen molar-refractivity contribution in [2.75, 3.05) is 13.6 Å². The minimum Gasteiger partial charge on any atom is -0.303 e. The van der Waals surface area contributed by atoms with E-state index < -0.39 is 0 Å². The van der Waals surface area contributed by atoms with Crippen molar-refractivity contribution in [3.8, 4) is 6.07 Å². The molecule has 1 aliphatic carbocycles. The summed E-state index contributed by atoms with van der Waals surface area (Å²) in [4.78, 5) is 2.44. The zero-order chi connectivity index (χ0) is 12.9. The van der Waals surface area contributed by atoms with Gasteiger partial charge in [-0.25, -0.2) is 0 Å². The van der Waals surface area contributed by atoms with Crippen molar-refractivity contribution in [3.63, 3.8) is 0 Å². The standard InChI is InChI=1S/C14H27N3/c1-5-6-9-17(4)13-7-8-14(10-13,11-15)16-12(2)3/h12-13,16H,5-10H2,1-4H3. The van der Waals surface area contributed by atoms with Crippen LogP contribution in [0.15, 0.2) is 0 Å². The van der Waals surface area contributed by atoms with Crippen LogP contribution in [0.4, 0.5) is 0 Å². The Balaban J connectivity index is 2.52. The molecule has 1 fully saturated rings. The summed E-state index contributed by atoms with van der Waals surface area (Å²) in [6.45, 7) is 7.62. The minimum atomic E-state index is -0.278. The van der Waals surface area contributed by atoms with Crippen molar-refractivity contribution in [2.45, 2.75) is 70.5 Å². The molecule has 98 valence electrons. The van der Waals surface area contributed by atoms with Gasteiger partial charge in [-0.2, -0.15) is 5.26 Å². The maximum Gasteiger partial charge on any atom is 0.108 e. The second kappa shape index (κ2) is 6.37. The molecule has 0 bridgehead atoms. The van der Waals surface area contributed by atoms with Crippen molar-refractivity contribution in [2.24, 2.45) is 0 Å². The predicted molar refractivity (Wildman–Crippen MR) is 71.8 cm³/mol. The maximum atomic E-state index is 9.41. The number of nitriles is 1. The normalized spacial score (nSPS) is 28.9. The van der Waals surface area contributed by atoms with Crippen LogP contribution in [0.1, 0.15) is 52.9 Å². The lowest BCUT2D eigenvalue weighted by Crippen LogP contribution is -2.46. The molecule has 0 radical (unpaired) electrons. The Morgan fingerprint density at radius 2 is 2.24 bits per heavy atom. The molecule has 3 nitrogen and oxygen atoms in total. The van der Waals surface area contributed by atoms with Gasteiger partial charge in [0.1, 0.15) is 5.54 Å². The first kappa shape index (κ1) is 14.5. The molecule has 1 aliphatic rings. The molecule has 0 saturated heterocycles. The van der Waals surface area contributed by atoms with Crippen LogP contribution in [0, 0.1) is 11.3 Å². The fourth-order valence-corrected chi connectivity index (χ4v) is 2.80. The van der Waals surface area contributed by atoms with Gasteiger partial charge in [0.15, 0.2) is 0 Å². The molecule has 1 saturated carbocycles. The van der Waals surface area contributed by atoms with Crippen molar-refractivity contribution in [3.05, 3.63) is 0 Å². The van der Waals surface area contributed by atoms with Crippen molar-refractivity contribution < 1.29 is 0 Å². The third-order valence-electron chi connectivity index (χ3n) is 3.76. The van der Waals surface area contributed by atoms with Crippen molar-refractivity contribution >= 4 is 0 Å². The second-order valence-corrected chi connectivity index (χ2v) is 5.72. The lowest BCUT2D eigenvalue weighted by molar-refractivity contribution is 0.231. The third kappa shape index (κ3) is 3.97. The van der Waals surface area contributed by atoms with Gasteiger partial charge in [-0.3, -0.25) is 5.32 Å². The third-order valence-corrected chi connectivity index (χ3v) is 3.76. The molecular weight excluding hydrogens is 210 g/mol. The van der Waals surface area contributed by atoms with Crippen LogP contribution in [0.2, 0.25) is 0 Å². The summed E-state index contributed by atoms with van der Waals surface area (Å²) < 4.78 is 0. The molecule has 0 amide bonds. The number of rotatable bonds is 6. The Hall–Kier alpha value is -0.590.